The van der Waals surface area contributed by atoms with Crippen LogP contribution >= 0.6 is 0 Å². The second-order valence-corrected chi connectivity index (χ2v) is 6.32. The molecule has 20 heavy (non-hydrogen) atoms. The molecule has 1 heterocycles. The number of nitrogens with zero attached hydrogens (tertiary/aromatic N) is 2. The van der Waals surface area contributed by atoms with Crippen molar-refractivity contribution in [1.29, 1.82) is 0 Å². The van der Waals surface area contributed by atoms with Crippen molar-refractivity contribution < 1.29 is 4.39 Å². The van der Waals surface area contributed by atoms with Gasteiger partial charge in [-0.05, 0) is 44.2 Å². The van der Waals surface area contributed by atoms with Crippen LogP contribution in [0, 0.1) is 17.7 Å². The number of halogens is 1. The highest BCUT2D eigenvalue weighted by atomic mass is 19.1. The van der Waals surface area contributed by atoms with Crippen molar-refractivity contribution in [3.8, 4) is 0 Å². The van der Waals surface area contributed by atoms with Crippen molar-refractivity contribution in [2.24, 2.45) is 11.8 Å². The summed E-state index contributed by atoms with van der Waals surface area (Å²) >= 11 is 0. The molecule has 112 valence electrons. The minimum atomic E-state index is -0.182. The Morgan fingerprint density at radius 1 is 1.40 bits per heavy atom. The SMILES string of the molecule is CC(C)CNCc1ccnc(N(C)C(C)C2CC2)c1F. The molecule has 4 heteroatoms. The van der Waals surface area contributed by atoms with Crippen LogP contribution in [0.25, 0.3) is 0 Å². The summed E-state index contributed by atoms with van der Waals surface area (Å²) < 4.78 is 14.5. The summed E-state index contributed by atoms with van der Waals surface area (Å²) in [6, 6.07) is 2.12. The van der Waals surface area contributed by atoms with Gasteiger partial charge in [-0.25, -0.2) is 9.37 Å². The molecule has 0 amide bonds. The fourth-order valence-corrected chi connectivity index (χ4v) is 2.44. The summed E-state index contributed by atoms with van der Waals surface area (Å²) in [5.41, 5.74) is 0.700. The average molecular weight is 279 g/mol. The zero-order valence-electron chi connectivity index (χ0n) is 13.0. The number of aromatic nitrogens is 1. The largest absolute Gasteiger partial charge is 0.354 e. The van der Waals surface area contributed by atoms with Gasteiger partial charge in [-0.3, -0.25) is 0 Å². The predicted octanol–water partition coefficient (Wildman–Crippen LogP) is 3.20. The van der Waals surface area contributed by atoms with E-state index in [1.165, 1.54) is 12.8 Å². The first-order chi connectivity index (χ1) is 9.50. The zero-order valence-corrected chi connectivity index (χ0v) is 13.0. The van der Waals surface area contributed by atoms with Crippen LogP contribution < -0.4 is 10.2 Å². The Morgan fingerprint density at radius 3 is 2.70 bits per heavy atom. The quantitative estimate of drug-likeness (QED) is 0.831. The summed E-state index contributed by atoms with van der Waals surface area (Å²) in [5.74, 6) is 1.56. The molecule has 0 spiro atoms. The summed E-state index contributed by atoms with van der Waals surface area (Å²) in [4.78, 5) is 6.22. The lowest BCUT2D eigenvalue weighted by Gasteiger charge is -2.26. The molecule has 0 radical (unpaired) electrons. The van der Waals surface area contributed by atoms with E-state index < -0.39 is 0 Å². The molecule has 1 atom stereocenters. The van der Waals surface area contributed by atoms with Crippen LogP contribution in [0.3, 0.4) is 0 Å². The second kappa shape index (κ2) is 6.53. The molecule has 1 N–H and O–H groups in total. The van der Waals surface area contributed by atoms with Crippen molar-refractivity contribution in [1.82, 2.24) is 10.3 Å². The van der Waals surface area contributed by atoms with Gasteiger partial charge in [0.1, 0.15) is 0 Å². The lowest BCUT2D eigenvalue weighted by molar-refractivity contribution is 0.526. The molecule has 1 aromatic heterocycles. The monoisotopic (exact) mass is 279 g/mol. The minimum absolute atomic E-state index is 0.182. The van der Waals surface area contributed by atoms with E-state index in [0.29, 0.717) is 35.8 Å². The average Bonchev–Trinajstić information content (AvgIpc) is 3.23. The number of anilines is 1. The molecule has 1 unspecified atom stereocenters. The first-order valence-electron chi connectivity index (χ1n) is 7.57. The van der Waals surface area contributed by atoms with Gasteiger partial charge in [-0.15, -0.1) is 0 Å². The van der Waals surface area contributed by atoms with E-state index >= 15 is 0 Å². The fourth-order valence-electron chi connectivity index (χ4n) is 2.44. The van der Waals surface area contributed by atoms with Gasteiger partial charge in [0.25, 0.3) is 0 Å². The van der Waals surface area contributed by atoms with E-state index in [2.05, 4.69) is 31.1 Å². The summed E-state index contributed by atoms with van der Waals surface area (Å²) in [6.45, 7) is 7.90. The van der Waals surface area contributed by atoms with Crippen molar-refractivity contribution in [3.05, 3.63) is 23.6 Å². The standard InChI is InChI=1S/C16H26FN3/c1-11(2)9-18-10-14-7-8-19-16(15(14)17)20(4)12(3)13-5-6-13/h7-8,11-13,18H,5-6,9-10H2,1-4H3. The van der Waals surface area contributed by atoms with Gasteiger partial charge in [0.15, 0.2) is 11.6 Å². The molecule has 0 aromatic carbocycles. The van der Waals surface area contributed by atoms with Crippen LogP contribution in [0.1, 0.15) is 39.2 Å². The molecule has 3 nitrogen and oxygen atoms in total. The van der Waals surface area contributed by atoms with Crippen LogP contribution in [-0.4, -0.2) is 24.6 Å². The summed E-state index contributed by atoms with van der Waals surface area (Å²) in [6.07, 6.45) is 4.21. The van der Waals surface area contributed by atoms with Gasteiger partial charge in [-0.2, -0.15) is 0 Å². The van der Waals surface area contributed by atoms with Gasteiger partial charge in [0.2, 0.25) is 0 Å². The number of pyridine rings is 1. The third-order valence-electron chi connectivity index (χ3n) is 4.07. The van der Waals surface area contributed by atoms with Crippen LogP contribution in [0.5, 0.6) is 0 Å². The molecular formula is C16H26FN3. The number of hydrogen-bond donors (Lipinski definition) is 1. The molecule has 1 saturated carbocycles. The van der Waals surface area contributed by atoms with Gasteiger partial charge in [0, 0.05) is 31.4 Å². The maximum atomic E-state index is 14.5. The van der Waals surface area contributed by atoms with Crippen LogP contribution in [0.2, 0.25) is 0 Å². The highest BCUT2D eigenvalue weighted by molar-refractivity contribution is 5.43. The molecule has 0 aliphatic heterocycles. The summed E-state index contributed by atoms with van der Waals surface area (Å²) in [7, 11) is 1.94. The topological polar surface area (TPSA) is 28.2 Å². The van der Waals surface area contributed by atoms with Crippen molar-refractivity contribution in [2.45, 2.75) is 46.2 Å². The number of rotatable bonds is 7. The van der Waals surface area contributed by atoms with Crippen LogP contribution in [-0.2, 0) is 6.54 Å². The molecule has 1 aliphatic rings. The molecule has 2 rings (SSSR count). The van der Waals surface area contributed by atoms with Crippen LogP contribution in [0.4, 0.5) is 10.2 Å². The van der Waals surface area contributed by atoms with E-state index in [1.807, 2.05) is 11.9 Å². The molecular weight excluding hydrogens is 253 g/mol. The second-order valence-electron chi connectivity index (χ2n) is 6.32. The normalized spacial score (nSPS) is 16.5. The van der Waals surface area contributed by atoms with Gasteiger partial charge < -0.3 is 10.2 Å². The number of hydrogen-bond acceptors (Lipinski definition) is 3. The van der Waals surface area contributed by atoms with Crippen molar-refractivity contribution >= 4 is 5.82 Å². The van der Waals surface area contributed by atoms with Crippen LogP contribution in [0.15, 0.2) is 12.3 Å². The van der Waals surface area contributed by atoms with E-state index in [9.17, 15) is 4.39 Å². The Kier molecular flexibility index (Phi) is 4.97. The Hall–Kier alpha value is -1.16. The fraction of sp³-hybridized carbons (Fsp3) is 0.688. The van der Waals surface area contributed by atoms with Gasteiger partial charge in [0.05, 0.1) is 0 Å². The van der Waals surface area contributed by atoms with Gasteiger partial charge >= 0.3 is 0 Å². The Morgan fingerprint density at radius 2 is 2.10 bits per heavy atom. The smallest absolute Gasteiger partial charge is 0.170 e. The third kappa shape index (κ3) is 3.69. The Balaban J connectivity index is 2.05. The van der Waals surface area contributed by atoms with Gasteiger partial charge in [-0.1, -0.05) is 13.8 Å². The molecule has 0 bridgehead atoms. The first-order valence-corrected chi connectivity index (χ1v) is 7.57. The Labute approximate surface area is 121 Å². The van der Waals surface area contributed by atoms with E-state index in [4.69, 9.17) is 0 Å². The molecule has 1 fully saturated rings. The highest BCUT2D eigenvalue weighted by Crippen LogP contribution is 2.36. The lowest BCUT2D eigenvalue weighted by atomic mass is 10.1. The Bertz CT molecular complexity index is 443. The summed E-state index contributed by atoms with van der Waals surface area (Å²) in [5, 5.41) is 3.29. The predicted molar refractivity (Wildman–Crippen MR) is 81.3 cm³/mol. The maximum Gasteiger partial charge on any atom is 0.170 e. The highest BCUT2D eigenvalue weighted by Gasteiger charge is 2.32. The molecule has 1 aromatic rings. The van der Waals surface area contributed by atoms with Crippen molar-refractivity contribution in [2.75, 3.05) is 18.5 Å². The molecule has 0 saturated heterocycles. The molecule has 1 aliphatic carbocycles. The van der Waals surface area contributed by atoms with E-state index in [-0.39, 0.29) is 5.82 Å². The number of nitrogens with one attached hydrogen (secondary N) is 1. The van der Waals surface area contributed by atoms with E-state index in [1.54, 1.807) is 12.3 Å². The van der Waals surface area contributed by atoms with E-state index in [0.717, 1.165) is 6.54 Å². The lowest BCUT2D eigenvalue weighted by Crippen LogP contribution is -2.32. The maximum absolute atomic E-state index is 14.5. The minimum Gasteiger partial charge on any atom is -0.354 e. The third-order valence-corrected chi connectivity index (χ3v) is 4.07. The zero-order chi connectivity index (χ0) is 14.7. The first kappa shape index (κ1) is 15.2. The van der Waals surface area contributed by atoms with Crippen molar-refractivity contribution in [3.63, 3.8) is 0 Å².